The number of hydrogen-bond acceptors (Lipinski definition) is 5. The van der Waals surface area contributed by atoms with E-state index >= 15 is 0 Å². The van der Waals surface area contributed by atoms with E-state index in [4.69, 9.17) is 14.2 Å². The summed E-state index contributed by atoms with van der Waals surface area (Å²) in [7, 11) is 0. The lowest BCUT2D eigenvalue weighted by atomic mass is 10.1. The molecule has 0 aliphatic carbocycles. The molecule has 0 saturated heterocycles. The maximum atomic E-state index is 13.2. The Balaban J connectivity index is 1.41. The number of fused-ring (bicyclic) bond motifs is 1. The van der Waals surface area contributed by atoms with Crippen LogP contribution in [-0.4, -0.2) is 29.7 Å². The highest BCUT2D eigenvalue weighted by Gasteiger charge is 2.24. The van der Waals surface area contributed by atoms with Crippen LogP contribution in [0.4, 0.5) is 0 Å². The zero-order valence-electron chi connectivity index (χ0n) is 18.3. The van der Waals surface area contributed by atoms with Crippen molar-refractivity contribution in [3.05, 3.63) is 102 Å². The summed E-state index contributed by atoms with van der Waals surface area (Å²) in [4.78, 5) is 27.3. The molecule has 1 atom stereocenters. The first kappa shape index (κ1) is 22.1. The molecule has 4 rings (SSSR count). The third kappa shape index (κ3) is 6.01. The summed E-state index contributed by atoms with van der Waals surface area (Å²) < 4.78 is 16.0. The van der Waals surface area contributed by atoms with Gasteiger partial charge in [0.1, 0.15) is 0 Å². The quantitative estimate of drug-likeness (QED) is 0.376. The second kappa shape index (κ2) is 10.5. The van der Waals surface area contributed by atoms with E-state index in [1.807, 2.05) is 66.7 Å². The number of rotatable bonds is 8. The summed E-state index contributed by atoms with van der Waals surface area (Å²) in [6.45, 7) is 2.62. The molecule has 1 heterocycles. The largest absolute Gasteiger partial charge is 0.454 e. The van der Waals surface area contributed by atoms with E-state index in [-0.39, 0.29) is 12.7 Å². The van der Waals surface area contributed by atoms with Gasteiger partial charge in [0, 0.05) is 19.2 Å². The highest BCUT2D eigenvalue weighted by Crippen LogP contribution is 2.32. The molecule has 0 fully saturated rings. The van der Waals surface area contributed by atoms with Crippen molar-refractivity contribution in [1.29, 1.82) is 0 Å². The summed E-state index contributed by atoms with van der Waals surface area (Å²) in [6.07, 6.45) is 2.00. The predicted molar refractivity (Wildman–Crippen MR) is 124 cm³/mol. The molecule has 0 saturated carbocycles. The van der Waals surface area contributed by atoms with E-state index in [0.717, 1.165) is 16.7 Å². The Morgan fingerprint density at radius 2 is 1.52 bits per heavy atom. The first-order valence-corrected chi connectivity index (χ1v) is 10.7. The maximum absolute atomic E-state index is 13.2. The van der Waals surface area contributed by atoms with Crippen LogP contribution in [0.25, 0.3) is 6.08 Å². The van der Waals surface area contributed by atoms with Crippen molar-refractivity contribution in [2.24, 2.45) is 0 Å². The average molecular weight is 443 g/mol. The molecule has 6 nitrogen and oxygen atoms in total. The lowest BCUT2D eigenvalue weighted by molar-refractivity contribution is -0.156. The number of benzene rings is 3. The van der Waals surface area contributed by atoms with Crippen molar-refractivity contribution in [2.45, 2.75) is 26.1 Å². The number of hydrogen-bond donors (Lipinski definition) is 0. The fourth-order valence-corrected chi connectivity index (χ4v) is 3.52. The summed E-state index contributed by atoms with van der Waals surface area (Å²) >= 11 is 0. The average Bonchev–Trinajstić information content (AvgIpc) is 3.31. The number of carbonyl (C=O) groups excluding carboxylic acids is 2. The highest BCUT2D eigenvalue weighted by atomic mass is 16.7. The van der Waals surface area contributed by atoms with Crippen LogP contribution in [0.1, 0.15) is 23.6 Å². The number of carbonyl (C=O) groups is 2. The first-order valence-electron chi connectivity index (χ1n) is 10.7. The van der Waals surface area contributed by atoms with Gasteiger partial charge in [0.15, 0.2) is 17.6 Å². The van der Waals surface area contributed by atoms with Crippen LogP contribution < -0.4 is 9.47 Å². The smallest absolute Gasteiger partial charge is 0.331 e. The Morgan fingerprint density at radius 1 is 0.909 bits per heavy atom. The molecule has 1 amide bonds. The number of esters is 1. The fraction of sp³-hybridized carbons (Fsp3) is 0.185. The minimum absolute atomic E-state index is 0.187. The third-order valence-electron chi connectivity index (χ3n) is 5.19. The lowest BCUT2D eigenvalue weighted by Crippen LogP contribution is -2.39. The minimum atomic E-state index is -0.925. The van der Waals surface area contributed by atoms with Gasteiger partial charge in [-0.15, -0.1) is 0 Å². The first-order chi connectivity index (χ1) is 16.1. The molecular weight excluding hydrogens is 418 g/mol. The van der Waals surface area contributed by atoms with Gasteiger partial charge >= 0.3 is 5.97 Å². The SMILES string of the molecule is CC(OC(=O)/C=C/c1ccc2c(c1)OCO2)C(=O)N(Cc1ccccc1)Cc1ccccc1. The molecule has 168 valence electrons. The minimum Gasteiger partial charge on any atom is -0.454 e. The van der Waals surface area contributed by atoms with Crippen molar-refractivity contribution in [2.75, 3.05) is 6.79 Å². The Kier molecular flexibility index (Phi) is 7.05. The van der Waals surface area contributed by atoms with Crippen LogP contribution in [0.15, 0.2) is 84.9 Å². The molecular formula is C27H25NO5. The molecule has 1 aliphatic heterocycles. The van der Waals surface area contributed by atoms with E-state index in [1.165, 1.54) is 6.08 Å². The van der Waals surface area contributed by atoms with Crippen LogP contribution in [-0.2, 0) is 27.4 Å². The molecule has 3 aromatic rings. The summed E-state index contributed by atoms with van der Waals surface area (Å²) in [5.41, 5.74) is 2.77. The molecule has 0 aromatic heterocycles. The van der Waals surface area contributed by atoms with E-state index in [2.05, 4.69) is 0 Å². The maximum Gasteiger partial charge on any atom is 0.331 e. The summed E-state index contributed by atoms with van der Waals surface area (Å²) in [6, 6.07) is 24.9. The van der Waals surface area contributed by atoms with Crippen LogP contribution in [0.5, 0.6) is 11.5 Å². The van der Waals surface area contributed by atoms with Crippen molar-refractivity contribution < 1.29 is 23.8 Å². The van der Waals surface area contributed by atoms with Crippen molar-refractivity contribution in [1.82, 2.24) is 4.90 Å². The Bertz CT molecular complexity index is 1090. The van der Waals surface area contributed by atoms with Crippen LogP contribution in [0.2, 0.25) is 0 Å². The molecule has 6 heteroatoms. The van der Waals surface area contributed by atoms with Crippen LogP contribution in [0, 0.1) is 0 Å². The molecule has 3 aromatic carbocycles. The molecule has 33 heavy (non-hydrogen) atoms. The van der Waals surface area contributed by atoms with Gasteiger partial charge in [0.25, 0.3) is 5.91 Å². The van der Waals surface area contributed by atoms with E-state index in [1.54, 1.807) is 30.0 Å². The lowest BCUT2D eigenvalue weighted by Gasteiger charge is -2.26. The Morgan fingerprint density at radius 3 is 2.15 bits per heavy atom. The zero-order chi connectivity index (χ0) is 23.0. The Hall–Kier alpha value is -4.06. The molecule has 0 bridgehead atoms. The summed E-state index contributed by atoms with van der Waals surface area (Å²) in [5, 5.41) is 0. The molecule has 0 spiro atoms. The standard InChI is InChI=1S/C27H25NO5/c1-20(33-26(29)15-13-21-12-14-24-25(16-21)32-19-31-24)27(30)28(17-22-8-4-2-5-9-22)18-23-10-6-3-7-11-23/h2-16,20H,17-19H2,1H3/b15-13+. The van der Waals surface area contributed by atoms with Crippen molar-refractivity contribution in [3.63, 3.8) is 0 Å². The zero-order valence-corrected chi connectivity index (χ0v) is 18.3. The van der Waals surface area contributed by atoms with Gasteiger partial charge in [-0.05, 0) is 41.8 Å². The predicted octanol–water partition coefficient (Wildman–Crippen LogP) is 4.59. The van der Waals surface area contributed by atoms with Crippen molar-refractivity contribution >= 4 is 18.0 Å². The van der Waals surface area contributed by atoms with Gasteiger partial charge in [-0.2, -0.15) is 0 Å². The second-order valence-electron chi connectivity index (χ2n) is 7.69. The number of ether oxygens (including phenoxy) is 3. The van der Waals surface area contributed by atoms with Crippen LogP contribution >= 0.6 is 0 Å². The second-order valence-corrected chi connectivity index (χ2v) is 7.69. The topological polar surface area (TPSA) is 65.1 Å². The van der Waals surface area contributed by atoms with Crippen molar-refractivity contribution in [3.8, 4) is 11.5 Å². The highest BCUT2D eigenvalue weighted by molar-refractivity contribution is 5.90. The van der Waals surface area contributed by atoms with Gasteiger partial charge < -0.3 is 19.1 Å². The van der Waals surface area contributed by atoms with Gasteiger partial charge in [-0.25, -0.2) is 4.79 Å². The Labute approximate surface area is 193 Å². The molecule has 1 aliphatic rings. The number of nitrogens with zero attached hydrogens (tertiary/aromatic N) is 1. The van der Waals surface area contributed by atoms with Gasteiger partial charge in [0.05, 0.1) is 0 Å². The fourth-order valence-electron chi connectivity index (χ4n) is 3.52. The molecule has 0 radical (unpaired) electrons. The number of amides is 1. The van der Waals surface area contributed by atoms with E-state index in [9.17, 15) is 9.59 Å². The van der Waals surface area contributed by atoms with Gasteiger partial charge in [0.2, 0.25) is 6.79 Å². The van der Waals surface area contributed by atoms with Crippen LogP contribution in [0.3, 0.4) is 0 Å². The molecule has 0 N–H and O–H groups in total. The monoisotopic (exact) mass is 443 g/mol. The van der Waals surface area contributed by atoms with Gasteiger partial charge in [-0.1, -0.05) is 66.7 Å². The molecule has 1 unspecified atom stereocenters. The summed E-state index contributed by atoms with van der Waals surface area (Å²) in [5.74, 6) is 0.456. The normalized spacial score (nSPS) is 13.0. The van der Waals surface area contributed by atoms with E-state index < -0.39 is 12.1 Å². The van der Waals surface area contributed by atoms with Gasteiger partial charge in [-0.3, -0.25) is 4.79 Å². The third-order valence-corrected chi connectivity index (χ3v) is 5.19. The van der Waals surface area contributed by atoms with E-state index in [0.29, 0.717) is 24.6 Å².